The fourth-order valence-corrected chi connectivity index (χ4v) is 0.913. The molecule has 0 saturated heterocycles. The van der Waals surface area contributed by atoms with Crippen molar-refractivity contribution in [3.05, 3.63) is 35.9 Å². The summed E-state index contributed by atoms with van der Waals surface area (Å²) in [5.74, 6) is 0.0407. The second-order valence-electron chi connectivity index (χ2n) is 2.35. The monoisotopic (exact) mass is 240 g/mol. The van der Waals surface area contributed by atoms with E-state index in [9.17, 15) is 0 Å². The fourth-order valence-electron chi connectivity index (χ4n) is 0.799. The summed E-state index contributed by atoms with van der Waals surface area (Å²) in [6.07, 6.45) is 0. The lowest BCUT2D eigenvalue weighted by atomic mass is 10.2. The van der Waals surface area contributed by atoms with Gasteiger partial charge in [0, 0.05) is 5.56 Å². The average Bonchev–Trinajstić information content (AvgIpc) is 2.19. The van der Waals surface area contributed by atoms with Gasteiger partial charge in [0.25, 0.3) is 0 Å². The number of hydrogen-bond donors (Lipinski definition) is 2. The molecule has 0 spiro atoms. The summed E-state index contributed by atoms with van der Waals surface area (Å²) in [5.41, 5.74) is 0.674. The zero-order valence-corrected chi connectivity index (χ0v) is 8.47. The van der Waals surface area contributed by atoms with E-state index in [4.69, 9.17) is 15.6 Å². The van der Waals surface area contributed by atoms with Gasteiger partial charge in [-0.15, -0.1) is 0 Å². The molecule has 0 heterocycles. The highest BCUT2D eigenvalue weighted by atomic mass is 79.9. The minimum absolute atomic E-state index is 0.00468. The first-order valence-corrected chi connectivity index (χ1v) is 4.81. The number of alkyl halides is 1. The molecule has 0 aliphatic heterocycles. The van der Waals surface area contributed by atoms with Gasteiger partial charge in [-0.3, -0.25) is 10.8 Å². The quantitative estimate of drug-likeness (QED) is 0.466. The first-order valence-electron chi connectivity index (χ1n) is 3.69. The van der Waals surface area contributed by atoms with Gasteiger partial charge in [0.2, 0.25) is 5.90 Å². The molecule has 0 aliphatic rings. The van der Waals surface area contributed by atoms with Crippen molar-refractivity contribution in [2.75, 3.05) is 5.33 Å². The molecule has 1 aromatic carbocycles. The Hall–Kier alpha value is -1.16. The average molecular weight is 241 g/mol. The van der Waals surface area contributed by atoms with E-state index >= 15 is 0 Å². The number of ether oxygens (including phenoxy) is 1. The first kappa shape index (κ1) is 9.92. The molecule has 2 N–H and O–H groups in total. The highest BCUT2D eigenvalue weighted by molar-refractivity contribution is 9.09. The second-order valence-corrected chi connectivity index (χ2v) is 2.91. The molecule has 0 radical (unpaired) electrons. The molecule has 0 aliphatic carbocycles. The number of rotatable bonds is 2. The third kappa shape index (κ3) is 2.99. The van der Waals surface area contributed by atoms with Gasteiger partial charge in [-0.2, -0.15) is 0 Å². The lowest BCUT2D eigenvalue weighted by molar-refractivity contribution is 0.534. The summed E-state index contributed by atoms with van der Waals surface area (Å²) in [7, 11) is 0. The molecule has 0 amide bonds. The standard InChI is InChI=1S/C9H9BrN2O/c10-6-8(11)13-9(12)7-4-2-1-3-5-7/h1-5,11-12H,6H2. The van der Waals surface area contributed by atoms with E-state index in [1.165, 1.54) is 0 Å². The van der Waals surface area contributed by atoms with Gasteiger partial charge in [-0.25, -0.2) is 0 Å². The van der Waals surface area contributed by atoms with E-state index < -0.39 is 0 Å². The molecule has 0 atom stereocenters. The summed E-state index contributed by atoms with van der Waals surface area (Å²) in [5, 5.41) is 15.0. The Labute approximate surface area is 84.9 Å². The highest BCUT2D eigenvalue weighted by Crippen LogP contribution is 2.01. The van der Waals surface area contributed by atoms with E-state index in [0.717, 1.165) is 0 Å². The minimum Gasteiger partial charge on any atom is -0.424 e. The zero-order valence-electron chi connectivity index (χ0n) is 6.88. The van der Waals surface area contributed by atoms with Crippen LogP contribution in [-0.4, -0.2) is 17.1 Å². The Morgan fingerprint density at radius 1 is 1.23 bits per heavy atom. The first-order chi connectivity index (χ1) is 6.24. The molecular formula is C9H9BrN2O. The van der Waals surface area contributed by atoms with Crippen LogP contribution in [-0.2, 0) is 4.74 Å². The largest absolute Gasteiger partial charge is 0.424 e. The van der Waals surface area contributed by atoms with Gasteiger partial charge in [-0.05, 0) is 12.1 Å². The molecule has 0 unspecified atom stereocenters. The van der Waals surface area contributed by atoms with Gasteiger partial charge in [0.15, 0.2) is 5.90 Å². The molecule has 0 bridgehead atoms. The Morgan fingerprint density at radius 2 is 1.85 bits per heavy atom. The SMILES string of the molecule is N=C(CBr)OC(=N)c1ccccc1. The van der Waals surface area contributed by atoms with Crippen LogP contribution in [0.3, 0.4) is 0 Å². The maximum absolute atomic E-state index is 7.48. The van der Waals surface area contributed by atoms with Gasteiger partial charge in [0.1, 0.15) is 0 Å². The summed E-state index contributed by atoms with van der Waals surface area (Å²) in [6.45, 7) is 0. The van der Waals surface area contributed by atoms with Gasteiger partial charge >= 0.3 is 0 Å². The van der Waals surface area contributed by atoms with Crippen molar-refractivity contribution < 1.29 is 4.74 Å². The summed E-state index contributed by atoms with van der Waals surface area (Å²) < 4.78 is 4.91. The van der Waals surface area contributed by atoms with Crippen molar-refractivity contribution >= 4 is 27.7 Å². The Bertz CT molecular complexity index is 311. The number of halogens is 1. The Balaban J connectivity index is 2.65. The Morgan fingerprint density at radius 3 is 2.38 bits per heavy atom. The van der Waals surface area contributed by atoms with Gasteiger partial charge in [-0.1, -0.05) is 34.1 Å². The predicted octanol–water partition coefficient (Wildman–Crippen LogP) is 2.40. The van der Waals surface area contributed by atoms with E-state index in [1.54, 1.807) is 12.1 Å². The van der Waals surface area contributed by atoms with Crippen molar-refractivity contribution in [3.63, 3.8) is 0 Å². The van der Waals surface area contributed by atoms with Crippen LogP contribution in [0.1, 0.15) is 5.56 Å². The summed E-state index contributed by atoms with van der Waals surface area (Å²) >= 11 is 3.07. The zero-order chi connectivity index (χ0) is 9.68. The van der Waals surface area contributed by atoms with Crippen molar-refractivity contribution in [1.29, 1.82) is 10.8 Å². The van der Waals surface area contributed by atoms with Crippen molar-refractivity contribution in [3.8, 4) is 0 Å². The molecule has 0 aromatic heterocycles. The molecule has 0 saturated carbocycles. The van der Waals surface area contributed by atoms with E-state index in [0.29, 0.717) is 10.9 Å². The van der Waals surface area contributed by atoms with Crippen LogP contribution >= 0.6 is 15.9 Å². The molecule has 0 fully saturated rings. The third-order valence-corrected chi connectivity index (χ3v) is 1.89. The fraction of sp³-hybridized carbons (Fsp3) is 0.111. The molecule has 13 heavy (non-hydrogen) atoms. The van der Waals surface area contributed by atoms with Crippen LogP contribution in [0.5, 0.6) is 0 Å². The lowest BCUT2D eigenvalue weighted by Crippen LogP contribution is -2.12. The van der Waals surface area contributed by atoms with Gasteiger partial charge in [0.05, 0.1) is 5.33 Å². The van der Waals surface area contributed by atoms with Crippen molar-refractivity contribution in [1.82, 2.24) is 0 Å². The van der Waals surface area contributed by atoms with Crippen molar-refractivity contribution in [2.24, 2.45) is 0 Å². The molecule has 3 nitrogen and oxygen atoms in total. The van der Waals surface area contributed by atoms with Crippen LogP contribution in [0, 0.1) is 10.8 Å². The second kappa shape index (κ2) is 4.77. The number of benzene rings is 1. The number of nitrogens with one attached hydrogen (secondary N) is 2. The van der Waals surface area contributed by atoms with E-state index in [2.05, 4.69) is 15.9 Å². The van der Waals surface area contributed by atoms with E-state index in [1.807, 2.05) is 18.2 Å². The topological polar surface area (TPSA) is 56.9 Å². The summed E-state index contributed by atoms with van der Waals surface area (Å²) in [4.78, 5) is 0. The van der Waals surface area contributed by atoms with Crippen molar-refractivity contribution in [2.45, 2.75) is 0 Å². The smallest absolute Gasteiger partial charge is 0.220 e. The van der Waals surface area contributed by atoms with Gasteiger partial charge < -0.3 is 4.74 Å². The van der Waals surface area contributed by atoms with Crippen LogP contribution in [0.25, 0.3) is 0 Å². The Kier molecular flexibility index (Phi) is 3.64. The predicted molar refractivity (Wildman–Crippen MR) is 55.9 cm³/mol. The van der Waals surface area contributed by atoms with E-state index in [-0.39, 0.29) is 11.8 Å². The minimum atomic E-state index is 0.00468. The normalized spacial score (nSPS) is 9.31. The third-order valence-electron chi connectivity index (χ3n) is 1.38. The molecule has 4 heteroatoms. The maximum atomic E-state index is 7.48. The lowest BCUT2D eigenvalue weighted by Gasteiger charge is -2.04. The number of hydrogen-bond acceptors (Lipinski definition) is 3. The van der Waals surface area contributed by atoms with Crippen LogP contribution in [0.4, 0.5) is 0 Å². The molecular weight excluding hydrogens is 232 g/mol. The summed E-state index contributed by atoms with van der Waals surface area (Å²) in [6, 6.07) is 9.05. The highest BCUT2D eigenvalue weighted by Gasteiger charge is 2.03. The molecule has 1 aromatic rings. The van der Waals surface area contributed by atoms with Crippen LogP contribution in [0.2, 0.25) is 0 Å². The van der Waals surface area contributed by atoms with Crippen LogP contribution in [0.15, 0.2) is 30.3 Å². The van der Waals surface area contributed by atoms with Crippen LogP contribution < -0.4 is 0 Å². The maximum Gasteiger partial charge on any atom is 0.220 e. The molecule has 68 valence electrons. The molecule has 1 rings (SSSR count).